The summed E-state index contributed by atoms with van der Waals surface area (Å²) in [5.74, 6) is 0. The fourth-order valence-electron chi connectivity index (χ4n) is 1.97. The molecule has 1 atom stereocenters. The minimum absolute atomic E-state index is 0.719. The van der Waals surface area contributed by atoms with Crippen LogP contribution in [0.5, 0.6) is 0 Å². The molecule has 128 valence electrons. The van der Waals surface area contributed by atoms with E-state index >= 15 is 0 Å². The van der Waals surface area contributed by atoms with Crippen LogP contribution in [0.25, 0.3) is 0 Å². The summed E-state index contributed by atoms with van der Waals surface area (Å²) in [6.07, 6.45) is 13.6. The lowest BCUT2D eigenvalue weighted by Gasteiger charge is -2.11. The molecule has 0 spiro atoms. The van der Waals surface area contributed by atoms with Crippen LogP contribution in [0.2, 0.25) is 0 Å². The first-order valence-corrected chi connectivity index (χ1v) is 9.16. The lowest BCUT2D eigenvalue weighted by molar-refractivity contribution is 0.488. The zero-order valence-corrected chi connectivity index (χ0v) is 15.8. The SMILES string of the molecule is C=C=C.CCCCC.CCCCCCCNC(C)CCC. The van der Waals surface area contributed by atoms with Gasteiger partial charge in [0.25, 0.3) is 0 Å². The minimum atomic E-state index is 0.719. The zero-order valence-electron chi connectivity index (χ0n) is 15.8. The van der Waals surface area contributed by atoms with Crippen molar-refractivity contribution in [2.75, 3.05) is 6.54 Å². The Morgan fingerprint density at radius 1 is 0.762 bits per heavy atom. The van der Waals surface area contributed by atoms with Crippen LogP contribution in [0.1, 0.15) is 98.8 Å². The second kappa shape index (κ2) is 27.8. The third-order valence-electron chi connectivity index (χ3n) is 3.20. The highest BCUT2D eigenvalue weighted by Gasteiger charge is 1.97. The molecule has 0 aromatic carbocycles. The quantitative estimate of drug-likeness (QED) is 0.323. The van der Waals surface area contributed by atoms with E-state index in [1.165, 1.54) is 70.8 Å². The van der Waals surface area contributed by atoms with Crippen LogP contribution >= 0.6 is 0 Å². The Hall–Kier alpha value is -0.520. The molecular weight excluding hydrogens is 254 g/mol. The Bertz CT molecular complexity index is 178. The molecule has 0 radical (unpaired) electrons. The molecule has 0 aromatic heterocycles. The fraction of sp³-hybridized carbons (Fsp3) is 0.850. The maximum atomic E-state index is 3.56. The highest BCUT2D eigenvalue weighted by Crippen LogP contribution is 2.02. The van der Waals surface area contributed by atoms with Gasteiger partial charge >= 0.3 is 0 Å². The Kier molecular flexibility index (Phi) is 33.6. The van der Waals surface area contributed by atoms with Gasteiger partial charge in [-0.1, -0.05) is 92.2 Å². The molecule has 0 saturated carbocycles. The van der Waals surface area contributed by atoms with Gasteiger partial charge in [0.15, 0.2) is 0 Å². The van der Waals surface area contributed by atoms with Crippen LogP contribution in [0.15, 0.2) is 18.9 Å². The molecule has 0 rings (SSSR count). The fourth-order valence-corrected chi connectivity index (χ4v) is 1.97. The number of hydrogen-bond acceptors (Lipinski definition) is 1. The molecule has 1 unspecified atom stereocenters. The first-order valence-electron chi connectivity index (χ1n) is 9.16. The van der Waals surface area contributed by atoms with Gasteiger partial charge in [-0.15, -0.1) is 5.73 Å². The molecule has 0 bridgehead atoms. The minimum Gasteiger partial charge on any atom is -0.314 e. The summed E-state index contributed by atoms with van der Waals surface area (Å²) in [6.45, 7) is 18.7. The summed E-state index contributed by atoms with van der Waals surface area (Å²) in [4.78, 5) is 0. The van der Waals surface area contributed by atoms with E-state index in [4.69, 9.17) is 0 Å². The molecule has 0 aromatic rings. The van der Waals surface area contributed by atoms with Crippen molar-refractivity contribution in [3.8, 4) is 0 Å². The second-order valence-electron chi connectivity index (χ2n) is 5.66. The van der Waals surface area contributed by atoms with Crippen molar-refractivity contribution < 1.29 is 0 Å². The molecule has 21 heavy (non-hydrogen) atoms. The van der Waals surface area contributed by atoms with E-state index in [0.717, 1.165) is 6.04 Å². The predicted octanol–water partition coefficient (Wildman–Crippen LogP) is 6.89. The second-order valence-corrected chi connectivity index (χ2v) is 5.66. The van der Waals surface area contributed by atoms with Gasteiger partial charge in [0.1, 0.15) is 0 Å². The highest BCUT2D eigenvalue weighted by atomic mass is 14.9. The van der Waals surface area contributed by atoms with Gasteiger partial charge in [-0.25, -0.2) is 0 Å². The van der Waals surface area contributed by atoms with Crippen molar-refractivity contribution in [2.45, 2.75) is 105 Å². The van der Waals surface area contributed by atoms with E-state index in [9.17, 15) is 0 Å². The van der Waals surface area contributed by atoms with Crippen LogP contribution in [0.3, 0.4) is 0 Å². The molecule has 1 nitrogen and oxygen atoms in total. The number of rotatable bonds is 11. The Morgan fingerprint density at radius 2 is 1.24 bits per heavy atom. The van der Waals surface area contributed by atoms with Crippen molar-refractivity contribution >= 4 is 0 Å². The van der Waals surface area contributed by atoms with Crippen LogP contribution in [0.4, 0.5) is 0 Å². The molecule has 0 fully saturated rings. The summed E-state index contributed by atoms with van der Waals surface area (Å²) < 4.78 is 0. The monoisotopic (exact) mass is 297 g/mol. The standard InChI is InChI=1S/C12H27N.C5H12.C3H4/c1-4-6-7-8-9-11-13-12(3)10-5-2;1-3-5-4-2;1-3-2/h12-13H,4-11H2,1-3H3;3-5H2,1-2H3;1-2H2. The zero-order chi connectivity index (χ0) is 16.8. The smallest absolute Gasteiger partial charge is 0.00386 e. The Morgan fingerprint density at radius 3 is 1.62 bits per heavy atom. The summed E-state index contributed by atoms with van der Waals surface area (Å²) in [5.41, 5.74) is 2.25. The molecule has 1 heteroatoms. The summed E-state index contributed by atoms with van der Waals surface area (Å²) in [6, 6.07) is 0.719. The molecule has 0 aliphatic carbocycles. The summed E-state index contributed by atoms with van der Waals surface area (Å²) in [7, 11) is 0. The number of unbranched alkanes of at least 4 members (excludes halogenated alkanes) is 6. The van der Waals surface area contributed by atoms with E-state index in [1.54, 1.807) is 0 Å². The van der Waals surface area contributed by atoms with E-state index in [2.05, 4.69) is 58.8 Å². The largest absolute Gasteiger partial charge is 0.314 e. The first-order chi connectivity index (χ1) is 10.1. The molecular formula is C20H43N. The maximum absolute atomic E-state index is 3.56. The Balaban J connectivity index is -0.000000335. The van der Waals surface area contributed by atoms with E-state index in [0.29, 0.717) is 0 Å². The first kappa shape index (κ1) is 25.4. The van der Waals surface area contributed by atoms with E-state index in [1.807, 2.05) is 0 Å². The van der Waals surface area contributed by atoms with Crippen molar-refractivity contribution in [3.05, 3.63) is 18.9 Å². The molecule has 0 aliphatic rings. The van der Waals surface area contributed by atoms with Crippen LogP contribution in [0, 0.1) is 0 Å². The molecule has 0 heterocycles. The maximum Gasteiger partial charge on any atom is 0.00386 e. The van der Waals surface area contributed by atoms with Gasteiger partial charge in [-0.05, 0) is 26.3 Å². The van der Waals surface area contributed by atoms with Crippen molar-refractivity contribution in [2.24, 2.45) is 0 Å². The third-order valence-corrected chi connectivity index (χ3v) is 3.20. The lowest BCUT2D eigenvalue weighted by atomic mass is 10.1. The molecule has 0 amide bonds. The predicted molar refractivity (Wildman–Crippen MR) is 101 cm³/mol. The van der Waals surface area contributed by atoms with Gasteiger partial charge in [-0.3, -0.25) is 0 Å². The van der Waals surface area contributed by atoms with Crippen LogP contribution < -0.4 is 5.32 Å². The van der Waals surface area contributed by atoms with Gasteiger partial charge in [-0.2, -0.15) is 0 Å². The number of hydrogen-bond donors (Lipinski definition) is 1. The average molecular weight is 298 g/mol. The van der Waals surface area contributed by atoms with Gasteiger partial charge in [0, 0.05) is 6.04 Å². The van der Waals surface area contributed by atoms with E-state index in [-0.39, 0.29) is 0 Å². The lowest BCUT2D eigenvalue weighted by Crippen LogP contribution is -2.26. The van der Waals surface area contributed by atoms with Crippen LogP contribution in [-0.4, -0.2) is 12.6 Å². The highest BCUT2D eigenvalue weighted by molar-refractivity contribution is 4.59. The van der Waals surface area contributed by atoms with Gasteiger partial charge in [0.05, 0.1) is 0 Å². The molecule has 1 N–H and O–H groups in total. The molecule has 0 saturated heterocycles. The van der Waals surface area contributed by atoms with Gasteiger partial charge in [0.2, 0.25) is 0 Å². The Labute approximate surface area is 136 Å². The van der Waals surface area contributed by atoms with Crippen molar-refractivity contribution in [1.82, 2.24) is 5.32 Å². The van der Waals surface area contributed by atoms with Crippen LogP contribution in [-0.2, 0) is 0 Å². The molecule has 0 aliphatic heterocycles. The van der Waals surface area contributed by atoms with Crippen molar-refractivity contribution in [1.29, 1.82) is 0 Å². The average Bonchev–Trinajstić information content (AvgIpc) is 2.45. The number of nitrogens with one attached hydrogen (secondary N) is 1. The summed E-state index contributed by atoms with van der Waals surface area (Å²) in [5, 5.41) is 3.56. The normalized spacial score (nSPS) is 10.5. The van der Waals surface area contributed by atoms with Gasteiger partial charge < -0.3 is 5.32 Å². The summed E-state index contributed by atoms with van der Waals surface area (Å²) >= 11 is 0. The van der Waals surface area contributed by atoms with Crippen molar-refractivity contribution in [3.63, 3.8) is 0 Å². The van der Waals surface area contributed by atoms with E-state index < -0.39 is 0 Å². The third kappa shape index (κ3) is 38.2. The topological polar surface area (TPSA) is 12.0 Å².